The maximum atomic E-state index is 13.5. The summed E-state index contributed by atoms with van der Waals surface area (Å²) in [5.74, 6) is -2.05. The molecule has 0 aliphatic heterocycles. The third-order valence-corrected chi connectivity index (χ3v) is 5.73. The molecule has 8 nitrogen and oxygen atoms in total. The van der Waals surface area contributed by atoms with E-state index in [1.165, 1.54) is 53.7 Å². The molecule has 172 valence electrons. The van der Waals surface area contributed by atoms with Gasteiger partial charge in [-0.25, -0.2) is 4.39 Å². The van der Waals surface area contributed by atoms with E-state index < -0.39 is 43.9 Å². The SMILES string of the molecule is O=C(O)CC(c1ccc(F)cc1)N(Cc1ccc(CP(=O)(O)O)cc1)C(=O)c1ccncc1. The van der Waals surface area contributed by atoms with Crippen LogP contribution in [0.25, 0.3) is 0 Å². The Morgan fingerprint density at radius 1 is 0.939 bits per heavy atom. The van der Waals surface area contributed by atoms with Gasteiger partial charge < -0.3 is 19.8 Å². The molecule has 1 heterocycles. The van der Waals surface area contributed by atoms with Gasteiger partial charge in [0, 0.05) is 24.5 Å². The number of carboxylic acid groups (broad SMARTS) is 1. The van der Waals surface area contributed by atoms with Crippen molar-refractivity contribution in [3.05, 3.63) is 101 Å². The van der Waals surface area contributed by atoms with Crippen molar-refractivity contribution in [1.82, 2.24) is 9.88 Å². The summed E-state index contributed by atoms with van der Waals surface area (Å²) < 4.78 is 24.7. The van der Waals surface area contributed by atoms with Gasteiger partial charge >= 0.3 is 13.6 Å². The van der Waals surface area contributed by atoms with Gasteiger partial charge in [-0.3, -0.25) is 19.1 Å². The van der Waals surface area contributed by atoms with Crippen LogP contribution in [-0.2, 0) is 22.1 Å². The van der Waals surface area contributed by atoms with E-state index in [1.54, 1.807) is 24.3 Å². The molecule has 1 aromatic heterocycles. The lowest BCUT2D eigenvalue weighted by Crippen LogP contribution is -2.35. The summed E-state index contributed by atoms with van der Waals surface area (Å²) in [5.41, 5.74) is 1.82. The number of pyridine rings is 1. The number of hydrogen-bond acceptors (Lipinski definition) is 4. The van der Waals surface area contributed by atoms with Gasteiger partial charge in [-0.15, -0.1) is 0 Å². The maximum Gasteiger partial charge on any atom is 0.329 e. The molecule has 0 bridgehead atoms. The molecule has 3 aromatic rings. The van der Waals surface area contributed by atoms with Crippen LogP contribution in [0.15, 0.2) is 73.1 Å². The molecular formula is C23H22FN2O6P. The van der Waals surface area contributed by atoms with Crippen LogP contribution in [0.1, 0.15) is 39.5 Å². The van der Waals surface area contributed by atoms with Crippen molar-refractivity contribution in [2.24, 2.45) is 0 Å². The topological polar surface area (TPSA) is 128 Å². The summed E-state index contributed by atoms with van der Waals surface area (Å²) in [4.78, 5) is 48.6. The molecule has 0 saturated heterocycles. The van der Waals surface area contributed by atoms with Crippen molar-refractivity contribution in [2.45, 2.75) is 25.2 Å². The first kappa shape index (κ1) is 24.3. The van der Waals surface area contributed by atoms with Gasteiger partial charge in [0.2, 0.25) is 0 Å². The van der Waals surface area contributed by atoms with Gasteiger partial charge in [0.1, 0.15) is 5.82 Å². The van der Waals surface area contributed by atoms with Gasteiger partial charge in [0.05, 0.1) is 18.6 Å². The smallest absolute Gasteiger partial charge is 0.329 e. The maximum absolute atomic E-state index is 13.5. The highest BCUT2D eigenvalue weighted by molar-refractivity contribution is 7.50. The van der Waals surface area contributed by atoms with Crippen molar-refractivity contribution in [3.8, 4) is 0 Å². The lowest BCUT2D eigenvalue weighted by molar-refractivity contribution is -0.138. The van der Waals surface area contributed by atoms with E-state index in [0.29, 0.717) is 22.3 Å². The van der Waals surface area contributed by atoms with Crippen LogP contribution in [0.3, 0.4) is 0 Å². The molecule has 3 N–H and O–H groups in total. The fraction of sp³-hybridized carbons (Fsp3) is 0.174. The minimum absolute atomic E-state index is 0.0205. The van der Waals surface area contributed by atoms with Gasteiger partial charge in [0.25, 0.3) is 5.91 Å². The highest BCUT2D eigenvalue weighted by Crippen LogP contribution is 2.39. The van der Waals surface area contributed by atoms with Gasteiger partial charge in [-0.2, -0.15) is 0 Å². The second-order valence-electron chi connectivity index (χ2n) is 7.47. The number of nitrogens with zero attached hydrogens (tertiary/aromatic N) is 2. The van der Waals surface area contributed by atoms with Crippen LogP contribution in [0.4, 0.5) is 4.39 Å². The summed E-state index contributed by atoms with van der Waals surface area (Å²) >= 11 is 0. The Morgan fingerprint density at radius 2 is 1.52 bits per heavy atom. The molecule has 0 spiro atoms. The lowest BCUT2D eigenvalue weighted by atomic mass is 9.99. The Bertz CT molecular complexity index is 1150. The number of carboxylic acids is 1. The molecule has 1 unspecified atom stereocenters. The summed E-state index contributed by atoms with van der Waals surface area (Å²) in [5, 5.41) is 9.52. The molecule has 1 amide bonds. The average Bonchev–Trinajstić information content (AvgIpc) is 2.77. The second kappa shape index (κ2) is 10.5. The zero-order valence-corrected chi connectivity index (χ0v) is 18.3. The molecule has 1 atom stereocenters. The number of hydrogen-bond donors (Lipinski definition) is 3. The fourth-order valence-electron chi connectivity index (χ4n) is 3.43. The van der Waals surface area contributed by atoms with Crippen LogP contribution in [0, 0.1) is 5.82 Å². The number of rotatable bonds is 9. The molecule has 0 fully saturated rings. The number of halogens is 1. The normalized spacial score (nSPS) is 12.2. The quantitative estimate of drug-likeness (QED) is 0.405. The summed E-state index contributed by atoms with van der Waals surface area (Å²) in [6.45, 7) is 0.0205. The molecule has 2 aromatic carbocycles. The highest BCUT2D eigenvalue weighted by atomic mass is 31.2. The molecule has 0 saturated carbocycles. The number of amides is 1. The summed E-state index contributed by atoms with van der Waals surface area (Å²) in [7, 11) is -4.23. The highest BCUT2D eigenvalue weighted by Gasteiger charge is 2.28. The number of aliphatic carboxylic acids is 1. The predicted octanol–water partition coefficient (Wildman–Crippen LogP) is 3.76. The Hall–Kier alpha value is -3.39. The fourth-order valence-corrected chi connectivity index (χ4v) is 4.11. The molecule has 33 heavy (non-hydrogen) atoms. The zero-order chi connectivity index (χ0) is 24.0. The Morgan fingerprint density at radius 3 is 2.06 bits per heavy atom. The molecule has 0 aliphatic carbocycles. The number of benzene rings is 2. The predicted molar refractivity (Wildman–Crippen MR) is 118 cm³/mol. The van der Waals surface area contributed by atoms with Crippen molar-refractivity contribution >= 4 is 19.5 Å². The van der Waals surface area contributed by atoms with E-state index in [-0.39, 0.29) is 6.54 Å². The van der Waals surface area contributed by atoms with Crippen molar-refractivity contribution in [3.63, 3.8) is 0 Å². The van der Waals surface area contributed by atoms with E-state index in [4.69, 9.17) is 9.79 Å². The second-order valence-corrected chi connectivity index (χ2v) is 9.12. The van der Waals surface area contributed by atoms with E-state index >= 15 is 0 Å². The average molecular weight is 472 g/mol. The van der Waals surface area contributed by atoms with E-state index in [1.807, 2.05) is 0 Å². The molecule has 0 radical (unpaired) electrons. The largest absolute Gasteiger partial charge is 0.481 e. The summed E-state index contributed by atoms with van der Waals surface area (Å²) in [6.07, 6.45) is 2.08. The molecule has 10 heteroatoms. The Kier molecular flexibility index (Phi) is 7.71. The Labute approximate surface area is 189 Å². The van der Waals surface area contributed by atoms with Crippen LogP contribution in [0.2, 0.25) is 0 Å². The van der Waals surface area contributed by atoms with Gasteiger partial charge in [-0.05, 0) is 41.0 Å². The third-order valence-electron chi connectivity index (χ3n) is 4.95. The third kappa shape index (κ3) is 7.05. The minimum atomic E-state index is -4.23. The first-order valence-electron chi connectivity index (χ1n) is 9.93. The Balaban J connectivity index is 1.99. The summed E-state index contributed by atoms with van der Waals surface area (Å²) in [6, 6.07) is 13.8. The molecular weight excluding hydrogens is 450 g/mol. The molecule has 0 aliphatic rings. The van der Waals surface area contributed by atoms with Crippen molar-refractivity contribution in [1.29, 1.82) is 0 Å². The van der Waals surface area contributed by atoms with Crippen LogP contribution in [-0.4, -0.2) is 36.7 Å². The van der Waals surface area contributed by atoms with E-state index in [2.05, 4.69) is 4.98 Å². The minimum Gasteiger partial charge on any atom is -0.481 e. The molecule has 3 rings (SSSR count). The van der Waals surface area contributed by atoms with Gasteiger partial charge in [-0.1, -0.05) is 36.4 Å². The van der Waals surface area contributed by atoms with Crippen molar-refractivity contribution < 1.29 is 33.4 Å². The van der Waals surface area contributed by atoms with Crippen LogP contribution in [0.5, 0.6) is 0 Å². The number of carbonyl (C=O) groups excluding carboxylic acids is 1. The van der Waals surface area contributed by atoms with Crippen LogP contribution >= 0.6 is 7.60 Å². The first-order valence-corrected chi connectivity index (χ1v) is 11.7. The lowest BCUT2D eigenvalue weighted by Gasteiger charge is -2.32. The van der Waals surface area contributed by atoms with E-state index in [0.717, 1.165) is 0 Å². The number of carbonyl (C=O) groups is 2. The first-order chi connectivity index (χ1) is 15.6. The van der Waals surface area contributed by atoms with E-state index in [9.17, 15) is 23.7 Å². The van der Waals surface area contributed by atoms with Crippen molar-refractivity contribution in [2.75, 3.05) is 0 Å². The number of aromatic nitrogens is 1. The monoisotopic (exact) mass is 472 g/mol. The standard InChI is InChI=1S/C23H22FN2O6P/c24-20-7-5-18(6-8-20)21(13-22(27)28)26(23(29)19-9-11-25-12-10-19)14-16-1-3-17(4-2-16)15-33(30,31)32/h1-12,21H,13-15H2,(H,27,28)(H2,30,31,32). The zero-order valence-electron chi connectivity index (χ0n) is 17.4. The van der Waals surface area contributed by atoms with Gasteiger partial charge in [0.15, 0.2) is 0 Å². The van der Waals surface area contributed by atoms with Crippen LogP contribution < -0.4 is 0 Å².